The van der Waals surface area contributed by atoms with Crippen molar-refractivity contribution < 1.29 is 9.90 Å². The molecule has 1 heterocycles. The van der Waals surface area contributed by atoms with E-state index in [0.717, 1.165) is 5.56 Å². The molecule has 0 spiro atoms. The van der Waals surface area contributed by atoms with Crippen molar-refractivity contribution >= 4 is 5.91 Å². The van der Waals surface area contributed by atoms with Gasteiger partial charge in [0.15, 0.2) is 0 Å². The largest absolute Gasteiger partial charge is 0.506 e. The van der Waals surface area contributed by atoms with Gasteiger partial charge in [-0.3, -0.25) is 9.78 Å². The highest BCUT2D eigenvalue weighted by Crippen LogP contribution is 2.13. The van der Waals surface area contributed by atoms with Crippen LogP contribution in [-0.4, -0.2) is 27.4 Å². The van der Waals surface area contributed by atoms with Crippen molar-refractivity contribution in [2.75, 3.05) is 6.54 Å². The third-order valence-corrected chi connectivity index (χ3v) is 2.86. The van der Waals surface area contributed by atoms with Crippen molar-refractivity contribution in [2.45, 2.75) is 13.5 Å². The highest BCUT2D eigenvalue weighted by atomic mass is 16.3. The van der Waals surface area contributed by atoms with Gasteiger partial charge in [0, 0.05) is 19.3 Å². The van der Waals surface area contributed by atoms with E-state index in [-0.39, 0.29) is 11.7 Å². The first-order valence-electron chi connectivity index (χ1n) is 6.18. The second-order valence-corrected chi connectivity index (χ2v) is 4.24. The van der Waals surface area contributed by atoms with E-state index >= 15 is 0 Å². The Kier molecular flexibility index (Phi) is 4.13. The topological polar surface area (TPSA) is 53.4 Å². The molecule has 2 rings (SSSR count). The van der Waals surface area contributed by atoms with Crippen LogP contribution in [0, 0.1) is 0 Å². The smallest absolute Gasteiger partial charge is 0.255 e. The molecule has 0 unspecified atom stereocenters. The van der Waals surface area contributed by atoms with Crippen molar-refractivity contribution in [3.63, 3.8) is 0 Å². The number of pyridine rings is 1. The molecule has 4 nitrogen and oxygen atoms in total. The summed E-state index contributed by atoms with van der Waals surface area (Å²) in [7, 11) is 0. The average molecular weight is 256 g/mol. The first-order chi connectivity index (χ1) is 9.20. The van der Waals surface area contributed by atoms with Crippen LogP contribution in [0.1, 0.15) is 22.8 Å². The normalized spacial score (nSPS) is 10.2. The van der Waals surface area contributed by atoms with E-state index in [4.69, 9.17) is 0 Å². The van der Waals surface area contributed by atoms with Gasteiger partial charge in [0.25, 0.3) is 5.91 Å². The predicted molar refractivity (Wildman–Crippen MR) is 72.8 cm³/mol. The van der Waals surface area contributed by atoms with Crippen molar-refractivity contribution in [1.82, 2.24) is 9.88 Å². The molecule has 1 aromatic carbocycles. The molecule has 0 fully saturated rings. The number of benzene rings is 1. The van der Waals surface area contributed by atoms with Crippen LogP contribution in [-0.2, 0) is 6.54 Å². The van der Waals surface area contributed by atoms with Crippen LogP contribution in [0.2, 0.25) is 0 Å². The monoisotopic (exact) mass is 256 g/mol. The number of carbonyl (C=O) groups excluding carboxylic acids is 1. The van der Waals surface area contributed by atoms with Crippen molar-refractivity contribution in [2.24, 2.45) is 0 Å². The zero-order valence-corrected chi connectivity index (χ0v) is 10.8. The van der Waals surface area contributed by atoms with Crippen LogP contribution in [0.15, 0.2) is 48.8 Å². The Morgan fingerprint density at radius 2 is 2.00 bits per heavy atom. The molecule has 0 radical (unpaired) electrons. The molecule has 0 saturated heterocycles. The van der Waals surface area contributed by atoms with Gasteiger partial charge in [0.05, 0.1) is 11.8 Å². The molecule has 1 amide bonds. The minimum absolute atomic E-state index is 0.00149. The molecule has 2 aromatic rings. The Labute approximate surface area is 112 Å². The average Bonchev–Trinajstić information content (AvgIpc) is 2.45. The minimum Gasteiger partial charge on any atom is -0.506 e. The Bertz CT molecular complexity index is 555. The number of carbonyl (C=O) groups is 1. The third-order valence-electron chi connectivity index (χ3n) is 2.86. The predicted octanol–water partition coefficient (Wildman–Crippen LogP) is 2.45. The van der Waals surface area contributed by atoms with E-state index in [0.29, 0.717) is 18.7 Å². The summed E-state index contributed by atoms with van der Waals surface area (Å²) < 4.78 is 0. The van der Waals surface area contributed by atoms with Crippen LogP contribution in [0.3, 0.4) is 0 Å². The first kappa shape index (κ1) is 13.1. The summed E-state index contributed by atoms with van der Waals surface area (Å²) in [6.45, 7) is 3.08. The highest BCUT2D eigenvalue weighted by molar-refractivity contribution is 5.94. The van der Waals surface area contributed by atoms with Gasteiger partial charge in [-0.25, -0.2) is 0 Å². The third kappa shape index (κ3) is 3.31. The lowest BCUT2D eigenvalue weighted by atomic mass is 10.2. The van der Waals surface area contributed by atoms with Gasteiger partial charge in [-0.05, 0) is 18.6 Å². The Morgan fingerprint density at radius 1 is 1.26 bits per heavy atom. The molecule has 0 aliphatic carbocycles. The molecule has 19 heavy (non-hydrogen) atoms. The SMILES string of the molecule is CCN(Cc1ccccc1)C(=O)c1cncc(O)c1. The number of aromatic hydroxyl groups is 1. The first-order valence-corrected chi connectivity index (χ1v) is 6.18. The maximum absolute atomic E-state index is 12.3. The summed E-state index contributed by atoms with van der Waals surface area (Å²) in [6.07, 6.45) is 2.78. The molecular formula is C15H16N2O2. The number of aromatic nitrogens is 1. The number of hydrogen-bond acceptors (Lipinski definition) is 3. The van der Waals surface area contributed by atoms with Crippen molar-refractivity contribution in [3.05, 3.63) is 59.9 Å². The van der Waals surface area contributed by atoms with Crippen LogP contribution >= 0.6 is 0 Å². The Morgan fingerprint density at radius 3 is 2.63 bits per heavy atom. The molecule has 0 saturated carbocycles. The molecular weight excluding hydrogens is 240 g/mol. The molecule has 4 heteroatoms. The van der Waals surface area contributed by atoms with Gasteiger partial charge in [-0.1, -0.05) is 30.3 Å². The summed E-state index contributed by atoms with van der Waals surface area (Å²) in [5.74, 6) is -0.128. The number of rotatable bonds is 4. The molecule has 0 bridgehead atoms. The maximum Gasteiger partial charge on any atom is 0.255 e. The molecule has 0 aliphatic heterocycles. The Balaban J connectivity index is 2.16. The summed E-state index contributed by atoms with van der Waals surface area (Å²) in [5.41, 5.74) is 1.48. The van der Waals surface area contributed by atoms with E-state index in [1.54, 1.807) is 4.90 Å². The van der Waals surface area contributed by atoms with E-state index in [2.05, 4.69) is 4.98 Å². The molecule has 98 valence electrons. The summed E-state index contributed by atoms with van der Waals surface area (Å²) in [6, 6.07) is 11.2. The van der Waals surface area contributed by atoms with Crippen LogP contribution in [0.5, 0.6) is 5.75 Å². The van der Waals surface area contributed by atoms with Gasteiger partial charge >= 0.3 is 0 Å². The highest BCUT2D eigenvalue weighted by Gasteiger charge is 2.15. The standard InChI is InChI=1S/C15H16N2O2/c1-2-17(11-12-6-4-3-5-7-12)15(19)13-8-14(18)10-16-9-13/h3-10,18H,2,11H2,1H3. The van der Waals surface area contributed by atoms with Crippen LogP contribution < -0.4 is 0 Å². The zero-order valence-electron chi connectivity index (χ0n) is 10.8. The summed E-state index contributed by atoms with van der Waals surface area (Å²) in [5, 5.41) is 9.37. The second-order valence-electron chi connectivity index (χ2n) is 4.24. The van der Waals surface area contributed by atoms with E-state index in [1.165, 1.54) is 18.5 Å². The van der Waals surface area contributed by atoms with Gasteiger partial charge in [0.2, 0.25) is 0 Å². The Hall–Kier alpha value is -2.36. The summed E-state index contributed by atoms with van der Waals surface area (Å²) in [4.78, 5) is 17.9. The quantitative estimate of drug-likeness (QED) is 0.914. The van der Waals surface area contributed by atoms with Crippen LogP contribution in [0.4, 0.5) is 0 Å². The maximum atomic E-state index is 12.3. The fraction of sp³-hybridized carbons (Fsp3) is 0.200. The summed E-state index contributed by atoms with van der Waals surface area (Å²) >= 11 is 0. The van der Waals surface area contributed by atoms with E-state index in [1.807, 2.05) is 37.3 Å². The van der Waals surface area contributed by atoms with Crippen LogP contribution in [0.25, 0.3) is 0 Å². The fourth-order valence-corrected chi connectivity index (χ4v) is 1.86. The minimum atomic E-state index is -0.130. The van der Waals surface area contributed by atoms with Crippen molar-refractivity contribution in [3.8, 4) is 5.75 Å². The molecule has 1 N–H and O–H groups in total. The number of hydrogen-bond donors (Lipinski definition) is 1. The van der Waals surface area contributed by atoms with Gasteiger partial charge in [-0.2, -0.15) is 0 Å². The van der Waals surface area contributed by atoms with Gasteiger partial charge in [-0.15, -0.1) is 0 Å². The molecule has 1 aromatic heterocycles. The lowest BCUT2D eigenvalue weighted by Crippen LogP contribution is -2.30. The zero-order chi connectivity index (χ0) is 13.7. The van der Waals surface area contributed by atoms with Gasteiger partial charge in [0.1, 0.15) is 5.75 Å². The lowest BCUT2D eigenvalue weighted by molar-refractivity contribution is 0.0751. The van der Waals surface area contributed by atoms with E-state index < -0.39 is 0 Å². The van der Waals surface area contributed by atoms with E-state index in [9.17, 15) is 9.90 Å². The molecule has 0 aliphatic rings. The number of nitrogens with zero attached hydrogens (tertiary/aromatic N) is 2. The molecule has 0 atom stereocenters. The van der Waals surface area contributed by atoms with Gasteiger partial charge < -0.3 is 10.0 Å². The van der Waals surface area contributed by atoms with Crippen molar-refractivity contribution in [1.29, 1.82) is 0 Å². The fourth-order valence-electron chi connectivity index (χ4n) is 1.86. The lowest BCUT2D eigenvalue weighted by Gasteiger charge is -2.21. The number of amides is 1. The second kappa shape index (κ2) is 6.00.